The predicted molar refractivity (Wildman–Crippen MR) is 82.3 cm³/mol. The van der Waals surface area contributed by atoms with Crippen LogP contribution in [0.3, 0.4) is 0 Å². The minimum Gasteiger partial charge on any atom is -0.0715 e. The Labute approximate surface area is 103 Å². The summed E-state index contributed by atoms with van der Waals surface area (Å²) >= 11 is 0. The molecule has 2 rings (SSSR count). The topological polar surface area (TPSA) is 0 Å². The van der Waals surface area contributed by atoms with Gasteiger partial charge in [-0.05, 0) is 0 Å². The van der Waals surface area contributed by atoms with Crippen LogP contribution < -0.4 is 5.19 Å². The van der Waals surface area contributed by atoms with Gasteiger partial charge in [0.05, 0.1) is 8.07 Å². The van der Waals surface area contributed by atoms with Gasteiger partial charge in [-0.15, -0.1) is 0 Å². The van der Waals surface area contributed by atoms with Crippen molar-refractivity contribution in [3.05, 3.63) is 30.3 Å². The molecule has 0 aliphatic carbocycles. The number of hydrogen-bond donors (Lipinski definition) is 0. The second kappa shape index (κ2) is 3.68. The Morgan fingerprint density at radius 3 is 1.62 bits per heavy atom. The molecule has 0 saturated carbocycles. The van der Waals surface area contributed by atoms with Crippen LogP contribution in [0.2, 0.25) is 44.1 Å². The van der Waals surface area contributed by atoms with E-state index in [2.05, 4.69) is 63.1 Å². The van der Waals surface area contributed by atoms with E-state index in [1.165, 1.54) is 0 Å². The quantitative estimate of drug-likeness (QED) is 0.681. The Hall–Kier alpha value is -0.129. The third-order valence-corrected chi connectivity index (χ3v) is 37.8. The summed E-state index contributed by atoms with van der Waals surface area (Å²) in [6, 6.07) is 11.4. The number of rotatable bonds is 1. The molecule has 1 saturated heterocycles. The molecule has 0 N–H and O–H groups in total. The fraction of sp³-hybridized carbons (Fsp3) is 0.538. The van der Waals surface area contributed by atoms with Crippen LogP contribution in [0.15, 0.2) is 30.3 Å². The highest BCUT2D eigenvalue weighted by molar-refractivity contribution is 7.49. The normalized spacial score (nSPS) is 25.6. The highest BCUT2D eigenvalue weighted by Crippen LogP contribution is 2.42. The summed E-state index contributed by atoms with van der Waals surface area (Å²) in [7, 11) is -2.88. The minimum atomic E-state index is -1.11. The summed E-state index contributed by atoms with van der Waals surface area (Å²) in [5.74, 6) is 0. The average molecular weight is 265 g/mol. The molecule has 1 aliphatic rings. The van der Waals surface area contributed by atoms with Crippen molar-refractivity contribution >= 4 is 28.4 Å². The maximum atomic E-state index is 2.65. The van der Waals surface area contributed by atoms with Crippen LogP contribution in [0.5, 0.6) is 0 Å². The van der Waals surface area contributed by atoms with Gasteiger partial charge >= 0.3 is 0 Å². The molecule has 1 aliphatic heterocycles. The van der Waals surface area contributed by atoms with Crippen molar-refractivity contribution in [1.82, 2.24) is 0 Å². The van der Waals surface area contributed by atoms with Gasteiger partial charge in [0, 0.05) is 15.2 Å². The van der Waals surface area contributed by atoms with Gasteiger partial charge in [0.15, 0.2) is 0 Å². The van der Waals surface area contributed by atoms with E-state index in [1.807, 2.05) is 0 Å². The first kappa shape index (κ1) is 12.3. The molecule has 1 heterocycles. The Bertz CT molecular complexity index is 365. The van der Waals surface area contributed by atoms with Crippen LogP contribution in [0, 0.1) is 0 Å². The van der Waals surface area contributed by atoms with Crippen molar-refractivity contribution in [3.8, 4) is 0 Å². The Morgan fingerprint density at radius 1 is 0.750 bits per heavy atom. The molecular weight excluding hydrogens is 240 g/mol. The summed E-state index contributed by atoms with van der Waals surface area (Å²) in [4.78, 5) is 0. The summed E-state index contributed by atoms with van der Waals surface area (Å²) in [6.07, 6.45) is 0. The van der Waals surface area contributed by atoms with Crippen LogP contribution >= 0.6 is 0 Å². The average Bonchev–Trinajstić information content (AvgIpc) is 2.33. The fourth-order valence-electron chi connectivity index (χ4n) is 3.54. The van der Waals surface area contributed by atoms with Crippen molar-refractivity contribution < 1.29 is 0 Å². The highest BCUT2D eigenvalue weighted by atomic mass is 29.3. The number of hydrogen-bond acceptors (Lipinski definition) is 0. The van der Waals surface area contributed by atoms with Crippen LogP contribution in [-0.2, 0) is 0 Å². The van der Waals surface area contributed by atoms with Crippen molar-refractivity contribution in [1.29, 1.82) is 0 Å². The Kier molecular flexibility index (Phi) is 2.84. The van der Waals surface area contributed by atoms with Gasteiger partial charge in [0.1, 0.15) is 0 Å². The summed E-state index contributed by atoms with van der Waals surface area (Å²) in [5.41, 5.74) is 3.26. The van der Waals surface area contributed by atoms with Crippen LogP contribution in [-0.4, -0.2) is 23.3 Å². The van der Waals surface area contributed by atoms with E-state index >= 15 is 0 Å². The predicted octanol–water partition coefficient (Wildman–Crippen LogP) is 3.56. The van der Waals surface area contributed by atoms with Crippen LogP contribution in [0.4, 0.5) is 0 Å². The molecule has 0 radical (unpaired) electrons. The largest absolute Gasteiger partial charge is 0.0781 e. The van der Waals surface area contributed by atoms with E-state index in [4.69, 9.17) is 0 Å². The molecule has 1 aromatic carbocycles. The molecule has 0 unspecified atom stereocenters. The van der Waals surface area contributed by atoms with Crippen molar-refractivity contribution in [2.75, 3.05) is 0 Å². The van der Waals surface area contributed by atoms with Gasteiger partial charge in [-0.3, -0.25) is 0 Å². The van der Waals surface area contributed by atoms with Gasteiger partial charge < -0.3 is 0 Å². The summed E-state index contributed by atoms with van der Waals surface area (Å²) in [5, 5.41) is 1.72. The van der Waals surface area contributed by atoms with E-state index in [9.17, 15) is 0 Å². The maximum Gasteiger partial charge on any atom is 0.0781 e. The van der Waals surface area contributed by atoms with Crippen LogP contribution in [0.25, 0.3) is 0 Å². The van der Waals surface area contributed by atoms with Gasteiger partial charge in [0.2, 0.25) is 0 Å². The minimum absolute atomic E-state index is 0.885. The zero-order chi connectivity index (χ0) is 12.0. The molecule has 0 atom stereocenters. The molecule has 1 aromatic rings. The van der Waals surface area contributed by atoms with Crippen molar-refractivity contribution in [3.63, 3.8) is 0 Å². The Morgan fingerprint density at radius 2 is 1.19 bits per heavy atom. The zero-order valence-electron chi connectivity index (χ0n) is 11.3. The van der Waals surface area contributed by atoms with Gasteiger partial charge in [-0.25, -0.2) is 0 Å². The molecule has 0 bridgehead atoms. The molecule has 0 spiro atoms. The lowest BCUT2D eigenvalue weighted by Gasteiger charge is -2.30. The molecule has 0 nitrogen and oxygen atoms in total. The molecular formula is C13H24Si3. The molecule has 88 valence electrons. The van der Waals surface area contributed by atoms with Crippen LogP contribution in [0.1, 0.15) is 0 Å². The third kappa shape index (κ3) is 1.89. The van der Waals surface area contributed by atoms with E-state index in [-0.39, 0.29) is 0 Å². The highest BCUT2D eigenvalue weighted by Gasteiger charge is 2.55. The van der Waals surface area contributed by atoms with Gasteiger partial charge in [-0.2, -0.15) is 0 Å². The van der Waals surface area contributed by atoms with E-state index in [0.717, 1.165) is 0 Å². The van der Waals surface area contributed by atoms with E-state index < -0.39 is 23.3 Å². The first-order chi connectivity index (χ1) is 7.27. The molecule has 16 heavy (non-hydrogen) atoms. The second-order valence-electron chi connectivity index (χ2n) is 7.05. The molecule has 0 amide bonds. The summed E-state index contributed by atoms with van der Waals surface area (Å²) in [6.45, 7) is 13.3. The van der Waals surface area contributed by atoms with E-state index in [0.29, 0.717) is 0 Å². The number of benzene rings is 1. The SMILES string of the molecule is C[Si]1(c2ccccc2)C[Si](C)(C)[Si](C)(C)C1. The lowest BCUT2D eigenvalue weighted by Crippen LogP contribution is -2.49. The first-order valence-corrected chi connectivity index (χ1v) is 16.7. The van der Waals surface area contributed by atoms with Crippen molar-refractivity contribution in [2.24, 2.45) is 0 Å². The first-order valence-electron chi connectivity index (χ1n) is 6.32. The monoisotopic (exact) mass is 264 g/mol. The molecule has 0 aromatic heterocycles. The lowest BCUT2D eigenvalue weighted by molar-refractivity contribution is 1.59. The zero-order valence-corrected chi connectivity index (χ0v) is 14.3. The fourth-order valence-corrected chi connectivity index (χ4v) is 42.9. The van der Waals surface area contributed by atoms with Crippen molar-refractivity contribution in [2.45, 2.75) is 44.1 Å². The van der Waals surface area contributed by atoms with E-state index in [1.54, 1.807) is 16.5 Å². The second-order valence-corrected chi connectivity index (χ2v) is 29.2. The smallest absolute Gasteiger partial charge is 0.0715 e. The summed E-state index contributed by atoms with van der Waals surface area (Å²) < 4.78 is 0. The Balaban J connectivity index is 2.38. The standard InChI is InChI=1S/C13H24Si3/c1-14(2)11-16(5,12-15(14,3)4)13-9-7-6-8-10-13/h6-10H,11-12H2,1-5H3. The maximum absolute atomic E-state index is 2.65. The van der Waals surface area contributed by atoms with Gasteiger partial charge in [-0.1, -0.05) is 79.6 Å². The van der Waals surface area contributed by atoms with Gasteiger partial charge in [0.25, 0.3) is 0 Å². The molecule has 1 fully saturated rings. The third-order valence-electron chi connectivity index (χ3n) is 4.97. The molecule has 3 heteroatoms. The lowest BCUT2D eigenvalue weighted by atomic mass is 10.4.